The van der Waals surface area contributed by atoms with E-state index in [1.807, 2.05) is 0 Å². The molecule has 5 fully saturated rings. The highest BCUT2D eigenvalue weighted by Gasteiger charge is 2.51. The van der Waals surface area contributed by atoms with Gasteiger partial charge in [-0.05, 0) is 68.6 Å². The summed E-state index contributed by atoms with van der Waals surface area (Å²) in [7, 11) is 0. The van der Waals surface area contributed by atoms with Gasteiger partial charge in [-0.3, -0.25) is 4.79 Å². The third-order valence-corrected chi connectivity index (χ3v) is 6.28. The Labute approximate surface area is 128 Å². The van der Waals surface area contributed by atoms with Gasteiger partial charge in [-0.15, -0.1) is 12.4 Å². The van der Waals surface area contributed by atoms with Crippen LogP contribution >= 0.6 is 12.4 Å². The monoisotopic (exact) mass is 298 g/mol. The van der Waals surface area contributed by atoms with E-state index in [4.69, 9.17) is 5.73 Å². The second-order valence-corrected chi connectivity index (χ2v) is 7.64. The van der Waals surface area contributed by atoms with Crippen LogP contribution in [-0.2, 0) is 4.79 Å². The van der Waals surface area contributed by atoms with E-state index < -0.39 is 0 Å². The number of rotatable bonds is 1. The van der Waals surface area contributed by atoms with E-state index >= 15 is 0 Å². The first-order chi connectivity index (χ1) is 9.20. The van der Waals surface area contributed by atoms with Crippen molar-refractivity contribution >= 4 is 18.3 Å². The van der Waals surface area contributed by atoms with E-state index in [0.29, 0.717) is 23.7 Å². The topological polar surface area (TPSA) is 46.3 Å². The maximum Gasteiger partial charge on any atom is 0.226 e. The van der Waals surface area contributed by atoms with Crippen LogP contribution in [-0.4, -0.2) is 29.9 Å². The van der Waals surface area contributed by atoms with Crippen LogP contribution in [0.1, 0.15) is 44.9 Å². The first-order valence-corrected chi connectivity index (χ1v) is 8.25. The minimum absolute atomic E-state index is 0. The van der Waals surface area contributed by atoms with Crippen molar-refractivity contribution in [3.05, 3.63) is 0 Å². The van der Waals surface area contributed by atoms with Gasteiger partial charge >= 0.3 is 0 Å². The zero-order valence-corrected chi connectivity index (χ0v) is 13.0. The number of carbonyl (C=O) groups excluding carboxylic acids is 1. The summed E-state index contributed by atoms with van der Waals surface area (Å²) in [6.07, 6.45) is 8.99. The number of nitrogens with two attached hydrogens (primary N) is 1. The van der Waals surface area contributed by atoms with E-state index in [1.54, 1.807) is 0 Å². The molecule has 114 valence electrons. The number of hydrogen-bond donors (Lipinski definition) is 1. The Morgan fingerprint density at radius 3 is 2.15 bits per heavy atom. The Bertz CT molecular complexity index is 359. The maximum atomic E-state index is 12.9. The lowest BCUT2D eigenvalue weighted by Crippen LogP contribution is -2.54. The van der Waals surface area contributed by atoms with E-state index in [-0.39, 0.29) is 18.4 Å². The van der Waals surface area contributed by atoms with E-state index in [0.717, 1.165) is 37.8 Å². The SMILES string of the molecule is Cl.NC1CCCN(C(=O)C2C3CC4CC(C3)CC2C4)C1. The standard InChI is InChI=1S/C16H26N2O.ClH/c17-14-2-1-3-18(9-14)16(19)15-12-5-10-4-11(7-12)8-13(15)6-10;/h10-15H,1-9,17H2;1H. The Morgan fingerprint density at radius 1 is 1.00 bits per heavy atom. The predicted molar refractivity (Wildman–Crippen MR) is 81.6 cm³/mol. The van der Waals surface area contributed by atoms with Gasteiger partial charge in [0.05, 0.1) is 0 Å². The molecular weight excluding hydrogens is 272 g/mol. The predicted octanol–water partition coefficient (Wildman–Crippen LogP) is 2.43. The Hall–Kier alpha value is -0.280. The van der Waals surface area contributed by atoms with Crippen molar-refractivity contribution in [1.29, 1.82) is 0 Å². The van der Waals surface area contributed by atoms with Gasteiger partial charge in [0, 0.05) is 25.0 Å². The average molecular weight is 299 g/mol. The van der Waals surface area contributed by atoms with E-state index in [2.05, 4.69) is 4.90 Å². The molecule has 1 saturated heterocycles. The van der Waals surface area contributed by atoms with Gasteiger partial charge in [-0.1, -0.05) is 0 Å². The van der Waals surface area contributed by atoms with Gasteiger partial charge in [0.15, 0.2) is 0 Å². The molecule has 1 atom stereocenters. The van der Waals surface area contributed by atoms with Gasteiger partial charge in [-0.25, -0.2) is 0 Å². The molecule has 0 spiro atoms. The summed E-state index contributed by atoms with van der Waals surface area (Å²) in [5.74, 6) is 4.15. The molecule has 0 radical (unpaired) electrons. The minimum Gasteiger partial charge on any atom is -0.341 e. The molecular formula is C16H27ClN2O. The van der Waals surface area contributed by atoms with Crippen LogP contribution < -0.4 is 5.73 Å². The highest BCUT2D eigenvalue weighted by atomic mass is 35.5. The lowest BCUT2D eigenvalue weighted by Gasteiger charge is -2.54. The molecule has 4 heteroatoms. The highest BCUT2D eigenvalue weighted by Crippen LogP contribution is 2.56. The fraction of sp³-hybridized carbons (Fsp3) is 0.938. The second-order valence-electron chi connectivity index (χ2n) is 7.64. The molecule has 1 aliphatic heterocycles. The number of piperidine rings is 1. The van der Waals surface area contributed by atoms with E-state index in [9.17, 15) is 4.79 Å². The summed E-state index contributed by atoms with van der Waals surface area (Å²) >= 11 is 0. The van der Waals surface area contributed by atoms with Gasteiger partial charge < -0.3 is 10.6 Å². The summed E-state index contributed by atoms with van der Waals surface area (Å²) < 4.78 is 0. The van der Waals surface area contributed by atoms with Crippen molar-refractivity contribution in [3.63, 3.8) is 0 Å². The number of likely N-dealkylation sites (tertiary alicyclic amines) is 1. The van der Waals surface area contributed by atoms with Gasteiger partial charge in [0.1, 0.15) is 0 Å². The van der Waals surface area contributed by atoms with Crippen LogP contribution in [0.5, 0.6) is 0 Å². The smallest absolute Gasteiger partial charge is 0.226 e. The van der Waals surface area contributed by atoms with Crippen molar-refractivity contribution in [2.24, 2.45) is 35.3 Å². The van der Waals surface area contributed by atoms with Crippen molar-refractivity contribution in [2.75, 3.05) is 13.1 Å². The molecule has 20 heavy (non-hydrogen) atoms. The lowest BCUT2D eigenvalue weighted by atomic mass is 9.51. The number of hydrogen-bond acceptors (Lipinski definition) is 2. The van der Waals surface area contributed by atoms with Crippen LogP contribution in [0, 0.1) is 29.6 Å². The van der Waals surface area contributed by atoms with Crippen LogP contribution in [0.25, 0.3) is 0 Å². The molecule has 1 amide bonds. The zero-order chi connectivity index (χ0) is 13.0. The molecule has 5 aliphatic rings. The molecule has 4 bridgehead atoms. The molecule has 0 aromatic heterocycles. The van der Waals surface area contributed by atoms with Gasteiger partial charge in [-0.2, -0.15) is 0 Å². The largest absolute Gasteiger partial charge is 0.341 e. The van der Waals surface area contributed by atoms with Gasteiger partial charge in [0.2, 0.25) is 5.91 Å². The third kappa shape index (κ3) is 2.37. The third-order valence-electron chi connectivity index (χ3n) is 6.28. The molecule has 1 unspecified atom stereocenters. The summed E-state index contributed by atoms with van der Waals surface area (Å²) in [4.78, 5) is 15.0. The number of amides is 1. The quantitative estimate of drug-likeness (QED) is 0.808. The first-order valence-electron chi connectivity index (χ1n) is 8.25. The average Bonchev–Trinajstić information content (AvgIpc) is 2.37. The molecule has 4 saturated carbocycles. The second kappa shape index (κ2) is 5.49. The van der Waals surface area contributed by atoms with Crippen LogP contribution in [0.3, 0.4) is 0 Å². The Morgan fingerprint density at radius 2 is 1.60 bits per heavy atom. The van der Waals surface area contributed by atoms with E-state index in [1.165, 1.54) is 32.1 Å². The molecule has 2 N–H and O–H groups in total. The molecule has 4 aliphatic carbocycles. The molecule has 0 aromatic carbocycles. The normalized spacial score (nSPS) is 46.1. The summed E-state index contributed by atoms with van der Waals surface area (Å²) in [5, 5.41) is 0. The number of halogens is 1. The molecule has 5 rings (SSSR count). The Balaban J connectivity index is 0.00000121. The molecule has 0 aromatic rings. The molecule has 1 heterocycles. The Kier molecular flexibility index (Phi) is 4.02. The fourth-order valence-corrected chi connectivity index (χ4v) is 5.75. The summed E-state index contributed by atoms with van der Waals surface area (Å²) in [6.45, 7) is 1.76. The van der Waals surface area contributed by atoms with Crippen molar-refractivity contribution in [1.82, 2.24) is 4.90 Å². The van der Waals surface area contributed by atoms with Gasteiger partial charge in [0.25, 0.3) is 0 Å². The summed E-state index contributed by atoms with van der Waals surface area (Å²) in [5.41, 5.74) is 6.04. The number of carbonyl (C=O) groups is 1. The maximum absolute atomic E-state index is 12.9. The van der Waals surface area contributed by atoms with Crippen LogP contribution in [0.4, 0.5) is 0 Å². The summed E-state index contributed by atoms with van der Waals surface area (Å²) in [6, 6.07) is 0.217. The lowest BCUT2D eigenvalue weighted by molar-refractivity contribution is -0.150. The van der Waals surface area contributed by atoms with Crippen molar-refractivity contribution < 1.29 is 4.79 Å². The first kappa shape index (κ1) is 14.6. The zero-order valence-electron chi connectivity index (χ0n) is 12.2. The highest BCUT2D eigenvalue weighted by molar-refractivity contribution is 5.85. The van der Waals surface area contributed by atoms with Crippen molar-refractivity contribution in [3.8, 4) is 0 Å². The van der Waals surface area contributed by atoms with Crippen LogP contribution in [0.2, 0.25) is 0 Å². The number of nitrogens with zero attached hydrogens (tertiary/aromatic N) is 1. The fourth-order valence-electron chi connectivity index (χ4n) is 5.75. The minimum atomic E-state index is 0. The van der Waals surface area contributed by atoms with Crippen LogP contribution in [0.15, 0.2) is 0 Å². The molecule has 3 nitrogen and oxygen atoms in total. The van der Waals surface area contributed by atoms with Crippen molar-refractivity contribution in [2.45, 2.75) is 51.0 Å².